The van der Waals surface area contributed by atoms with Crippen molar-refractivity contribution in [2.24, 2.45) is 0 Å². The van der Waals surface area contributed by atoms with Crippen LogP contribution in [0.1, 0.15) is 25.3 Å². The van der Waals surface area contributed by atoms with Crippen LogP contribution in [0.2, 0.25) is 0 Å². The Morgan fingerprint density at radius 3 is 2.80 bits per heavy atom. The average molecular weight is 228 g/mol. The summed E-state index contributed by atoms with van der Waals surface area (Å²) < 4.78 is 0. The minimum absolute atomic E-state index is 0.0187. The van der Waals surface area contributed by atoms with Gasteiger partial charge in [-0.1, -0.05) is 25.2 Å². The molecule has 15 heavy (non-hydrogen) atoms. The van der Waals surface area contributed by atoms with Gasteiger partial charge in [0.2, 0.25) is 11.0 Å². The number of hydrogen-bond donors (Lipinski definition) is 2. The van der Waals surface area contributed by atoms with Crippen molar-refractivity contribution in [3.8, 4) is 0 Å². The van der Waals surface area contributed by atoms with E-state index in [2.05, 4.69) is 20.8 Å². The van der Waals surface area contributed by atoms with Gasteiger partial charge in [-0.3, -0.25) is 4.79 Å². The number of nitrogens with zero attached hydrogens (tertiary/aromatic N) is 2. The SMILES string of the molecule is CCNCCC(=O)Nc1nnc(CC)s1. The number of hydrogen-bond acceptors (Lipinski definition) is 5. The molecule has 0 saturated heterocycles. The van der Waals surface area contributed by atoms with E-state index in [0.717, 1.165) is 18.0 Å². The molecule has 1 aromatic heterocycles. The molecule has 1 amide bonds. The third kappa shape index (κ3) is 4.35. The van der Waals surface area contributed by atoms with Crippen LogP contribution in [0.15, 0.2) is 0 Å². The summed E-state index contributed by atoms with van der Waals surface area (Å²) in [6.07, 6.45) is 1.32. The van der Waals surface area contributed by atoms with Crippen molar-refractivity contribution in [2.45, 2.75) is 26.7 Å². The van der Waals surface area contributed by atoms with Crippen LogP contribution in [0.5, 0.6) is 0 Å². The highest BCUT2D eigenvalue weighted by Gasteiger charge is 2.06. The van der Waals surface area contributed by atoms with Crippen LogP contribution < -0.4 is 10.6 Å². The Labute approximate surface area is 93.3 Å². The third-order valence-corrected chi connectivity index (χ3v) is 2.78. The summed E-state index contributed by atoms with van der Waals surface area (Å²) in [7, 11) is 0. The highest BCUT2D eigenvalue weighted by Crippen LogP contribution is 2.15. The van der Waals surface area contributed by atoms with Crippen LogP contribution in [0.4, 0.5) is 5.13 Å². The van der Waals surface area contributed by atoms with Gasteiger partial charge in [-0.05, 0) is 13.0 Å². The molecule has 0 aliphatic carbocycles. The molecule has 0 saturated carbocycles. The van der Waals surface area contributed by atoms with Crippen LogP contribution in [0, 0.1) is 0 Å². The summed E-state index contributed by atoms with van der Waals surface area (Å²) in [4.78, 5) is 11.4. The third-order valence-electron chi connectivity index (χ3n) is 1.79. The van der Waals surface area contributed by atoms with Crippen LogP contribution in [0.3, 0.4) is 0 Å². The van der Waals surface area contributed by atoms with E-state index in [1.807, 2.05) is 13.8 Å². The second-order valence-corrected chi connectivity index (χ2v) is 4.07. The lowest BCUT2D eigenvalue weighted by Gasteiger charge is -2.00. The molecule has 0 aromatic carbocycles. The number of anilines is 1. The Kier molecular flexibility index (Phi) is 5.20. The average Bonchev–Trinajstić information content (AvgIpc) is 2.66. The lowest BCUT2D eigenvalue weighted by Crippen LogP contribution is -2.21. The Morgan fingerprint density at radius 1 is 1.40 bits per heavy atom. The van der Waals surface area contributed by atoms with Crippen molar-refractivity contribution in [2.75, 3.05) is 18.4 Å². The fourth-order valence-corrected chi connectivity index (χ4v) is 1.70. The summed E-state index contributed by atoms with van der Waals surface area (Å²) in [6.45, 7) is 5.60. The predicted octanol–water partition coefficient (Wildman–Crippen LogP) is 1.04. The second kappa shape index (κ2) is 6.47. The zero-order valence-electron chi connectivity index (χ0n) is 9.04. The van der Waals surface area contributed by atoms with Crippen LogP contribution >= 0.6 is 11.3 Å². The molecule has 84 valence electrons. The summed E-state index contributed by atoms with van der Waals surface area (Å²) in [5.41, 5.74) is 0. The lowest BCUT2D eigenvalue weighted by atomic mass is 10.4. The Hall–Kier alpha value is -1.01. The summed E-state index contributed by atoms with van der Waals surface area (Å²) >= 11 is 1.43. The molecular formula is C9H16N4OS. The molecule has 0 aliphatic heterocycles. The van der Waals surface area contributed by atoms with Gasteiger partial charge >= 0.3 is 0 Å². The fraction of sp³-hybridized carbons (Fsp3) is 0.667. The lowest BCUT2D eigenvalue weighted by molar-refractivity contribution is -0.116. The molecule has 0 bridgehead atoms. The van der Waals surface area contributed by atoms with Crippen molar-refractivity contribution in [1.82, 2.24) is 15.5 Å². The molecule has 0 radical (unpaired) electrons. The molecule has 0 atom stereocenters. The Morgan fingerprint density at radius 2 is 2.20 bits per heavy atom. The normalized spacial score (nSPS) is 10.3. The van der Waals surface area contributed by atoms with Gasteiger partial charge in [0.1, 0.15) is 5.01 Å². The maximum atomic E-state index is 11.4. The molecule has 1 rings (SSSR count). The summed E-state index contributed by atoms with van der Waals surface area (Å²) in [5, 5.41) is 15.1. The van der Waals surface area contributed by atoms with E-state index in [9.17, 15) is 4.79 Å². The molecule has 6 heteroatoms. The first-order chi connectivity index (χ1) is 7.26. The van der Waals surface area contributed by atoms with Crippen molar-refractivity contribution >= 4 is 22.4 Å². The molecule has 0 unspecified atom stereocenters. The standard InChI is InChI=1S/C9H16N4OS/c1-3-8-12-13-9(15-8)11-7(14)5-6-10-4-2/h10H,3-6H2,1-2H3,(H,11,13,14). The zero-order chi connectivity index (χ0) is 11.1. The highest BCUT2D eigenvalue weighted by atomic mass is 32.1. The molecule has 0 aliphatic rings. The Bertz CT molecular complexity index is 313. The van der Waals surface area contributed by atoms with E-state index < -0.39 is 0 Å². The van der Waals surface area contributed by atoms with Gasteiger partial charge in [0.25, 0.3) is 0 Å². The minimum atomic E-state index is -0.0187. The number of aryl methyl sites for hydroxylation is 1. The first-order valence-electron chi connectivity index (χ1n) is 5.09. The largest absolute Gasteiger partial charge is 0.316 e. The maximum absolute atomic E-state index is 11.4. The molecule has 0 spiro atoms. The summed E-state index contributed by atoms with van der Waals surface area (Å²) in [6, 6.07) is 0. The maximum Gasteiger partial charge on any atom is 0.227 e. The van der Waals surface area contributed by atoms with E-state index in [1.165, 1.54) is 11.3 Å². The van der Waals surface area contributed by atoms with Gasteiger partial charge in [-0.2, -0.15) is 0 Å². The predicted molar refractivity (Wildman–Crippen MR) is 61.1 cm³/mol. The molecule has 0 fully saturated rings. The Balaban J connectivity index is 2.31. The smallest absolute Gasteiger partial charge is 0.227 e. The molecule has 1 heterocycles. The second-order valence-electron chi connectivity index (χ2n) is 3.01. The zero-order valence-corrected chi connectivity index (χ0v) is 9.86. The van der Waals surface area contributed by atoms with Crippen LogP contribution in [-0.4, -0.2) is 29.2 Å². The van der Waals surface area contributed by atoms with E-state index in [-0.39, 0.29) is 5.91 Å². The number of amides is 1. The fourth-order valence-electron chi connectivity index (χ4n) is 1.01. The first kappa shape index (κ1) is 12.1. The first-order valence-corrected chi connectivity index (χ1v) is 5.90. The van der Waals surface area contributed by atoms with Gasteiger partial charge in [-0.25, -0.2) is 0 Å². The van der Waals surface area contributed by atoms with Gasteiger partial charge in [-0.15, -0.1) is 10.2 Å². The van der Waals surface area contributed by atoms with Gasteiger partial charge in [0.05, 0.1) is 0 Å². The number of carbonyl (C=O) groups is 1. The highest BCUT2D eigenvalue weighted by molar-refractivity contribution is 7.15. The van der Waals surface area contributed by atoms with Crippen LogP contribution in [0.25, 0.3) is 0 Å². The van der Waals surface area contributed by atoms with E-state index in [4.69, 9.17) is 0 Å². The van der Waals surface area contributed by atoms with Crippen LogP contribution in [-0.2, 0) is 11.2 Å². The number of nitrogens with one attached hydrogen (secondary N) is 2. The van der Waals surface area contributed by atoms with Crippen molar-refractivity contribution < 1.29 is 4.79 Å². The van der Waals surface area contributed by atoms with Gasteiger partial charge < -0.3 is 10.6 Å². The molecular weight excluding hydrogens is 212 g/mol. The monoisotopic (exact) mass is 228 g/mol. The van der Waals surface area contributed by atoms with Gasteiger partial charge in [0.15, 0.2) is 0 Å². The van der Waals surface area contributed by atoms with E-state index >= 15 is 0 Å². The van der Waals surface area contributed by atoms with Crippen molar-refractivity contribution in [3.05, 3.63) is 5.01 Å². The van der Waals surface area contributed by atoms with E-state index in [0.29, 0.717) is 18.1 Å². The van der Waals surface area contributed by atoms with Crippen molar-refractivity contribution in [1.29, 1.82) is 0 Å². The van der Waals surface area contributed by atoms with Gasteiger partial charge in [0, 0.05) is 13.0 Å². The number of rotatable bonds is 6. The minimum Gasteiger partial charge on any atom is -0.316 e. The summed E-state index contributed by atoms with van der Waals surface area (Å²) in [5.74, 6) is -0.0187. The van der Waals surface area contributed by atoms with Crippen molar-refractivity contribution in [3.63, 3.8) is 0 Å². The van der Waals surface area contributed by atoms with E-state index in [1.54, 1.807) is 0 Å². The molecule has 2 N–H and O–H groups in total. The quantitative estimate of drug-likeness (QED) is 0.714. The number of carbonyl (C=O) groups excluding carboxylic acids is 1. The topological polar surface area (TPSA) is 66.9 Å². The molecule has 5 nitrogen and oxygen atoms in total. The molecule has 1 aromatic rings. The number of aromatic nitrogens is 2.